The van der Waals surface area contributed by atoms with E-state index in [0.29, 0.717) is 11.4 Å². The van der Waals surface area contributed by atoms with Crippen LogP contribution in [0.4, 0.5) is 0 Å². The van der Waals surface area contributed by atoms with Gasteiger partial charge in [0.25, 0.3) is 0 Å². The minimum Gasteiger partial charge on any atom is -0.237 e. The van der Waals surface area contributed by atoms with Gasteiger partial charge in [0.05, 0.1) is 11.6 Å². The summed E-state index contributed by atoms with van der Waals surface area (Å²) in [6.45, 7) is 0. The zero-order chi connectivity index (χ0) is 13.1. The summed E-state index contributed by atoms with van der Waals surface area (Å²) in [5.74, 6) is 1.32. The van der Waals surface area contributed by atoms with Gasteiger partial charge in [-0.05, 0) is 36.4 Å². The number of pyridine rings is 1. The second kappa shape index (κ2) is 4.70. The normalized spacial score (nSPS) is 10.1. The number of benzene rings is 1. The summed E-state index contributed by atoms with van der Waals surface area (Å²) in [5.41, 5.74) is 1.49. The summed E-state index contributed by atoms with van der Waals surface area (Å²) in [7, 11) is 0. The minimum atomic E-state index is 0.607. The van der Waals surface area contributed by atoms with Crippen LogP contribution in [-0.4, -0.2) is 19.7 Å². The molecule has 90 valence electrons. The van der Waals surface area contributed by atoms with Crippen molar-refractivity contribution >= 4 is 0 Å². The molecule has 0 aliphatic heterocycles. The van der Waals surface area contributed by atoms with E-state index in [1.807, 2.05) is 30.3 Å². The summed E-state index contributed by atoms with van der Waals surface area (Å²) in [6, 6.07) is 14.8. The Kier molecular flexibility index (Phi) is 2.75. The van der Waals surface area contributed by atoms with Crippen molar-refractivity contribution in [2.75, 3.05) is 0 Å². The average molecular weight is 247 g/mol. The third-order valence-corrected chi connectivity index (χ3v) is 2.65. The fraction of sp³-hybridized carbons (Fsp3) is 0. The van der Waals surface area contributed by atoms with Crippen LogP contribution in [0.1, 0.15) is 5.56 Å². The van der Waals surface area contributed by atoms with Gasteiger partial charge in [-0.25, -0.2) is 14.6 Å². The summed E-state index contributed by atoms with van der Waals surface area (Å²) in [4.78, 5) is 8.45. The molecule has 0 saturated heterocycles. The zero-order valence-electron chi connectivity index (χ0n) is 9.93. The molecular weight excluding hydrogens is 238 g/mol. The van der Waals surface area contributed by atoms with Crippen LogP contribution in [0.2, 0.25) is 0 Å². The lowest BCUT2D eigenvalue weighted by atomic mass is 10.1. The molecule has 0 aliphatic rings. The van der Waals surface area contributed by atoms with Gasteiger partial charge in [0, 0.05) is 11.8 Å². The zero-order valence-corrected chi connectivity index (χ0v) is 9.93. The second-order valence-corrected chi connectivity index (χ2v) is 3.89. The Hall–Kier alpha value is -3.00. The van der Waals surface area contributed by atoms with Crippen molar-refractivity contribution in [3.05, 3.63) is 60.6 Å². The van der Waals surface area contributed by atoms with E-state index >= 15 is 0 Å². The number of nitrogens with zero attached hydrogens (tertiary/aromatic N) is 5. The minimum absolute atomic E-state index is 0.607. The number of hydrogen-bond acceptors (Lipinski definition) is 4. The van der Waals surface area contributed by atoms with Crippen molar-refractivity contribution < 1.29 is 0 Å². The average Bonchev–Trinajstić information content (AvgIpc) is 2.98. The molecule has 19 heavy (non-hydrogen) atoms. The topological polar surface area (TPSA) is 67.4 Å². The molecule has 0 fully saturated rings. The molecule has 3 aromatic rings. The van der Waals surface area contributed by atoms with E-state index in [9.17, 15) is 0 Å². The maximum atomic E-state index is 8.76. The molecule has 5 heteroatoms. The quantitative estimate of drug-likeness (QED) is 0.696. The van der Waals surface area contributed by atoms with E-state index in [1.54, 1.807) is 29.3 Å². The van der Waals surface area contributed by atoms with Crippen molar-refractivity contribution in [3.63, 3.8) is 0 Å². The van der Waals surface area contributed by atoms with Crippen LogP contribution in [0.3, 0.4) is 0 Å². The molecule has 3 rings (SSSR count). The first-order chi connectivity index (χ1) is 9.36. The van der Waals surface area contributed by atoms with Gasteiger partial charge >= 0.3 is 0 Å². The van der Waals surface area contributed by atoms with Crippen molar-refractivity contribution in [3.8, 4) is 23.3 Å². The standard InChI is InChI=1S/C14H9N5/c15-9-11-4-6-12(7-5-11)14-17-10-19(18-14)13-3-1-2-8-16-13/h1-8,10H. The van der Waals surface area contributed by atoms with Crippen LogP contribution in [0.5, 0.6) is 0 Å². The number of nitriles is 1. The van der Waals surface area contributed by atoms with E-state index in [1.165, 1.54) is 0 Å². The van der Waals surface area contributed by atoms with E-state index in [4.69, 9.17) is 5.26 Å². The van der Waals surface area contributed by atoms with Gasteiger partial charge < -0.3 is 0 Å². The maximum Gasteiger partial charge on any atom is 0.181 e. The first-order valence-electron chi connectivity index (χ1n) is 5.70. The molecule has 0 N–H and O–H groups in total. The van der Waals surface area contributed by atoms with Crippen LogP contribution in [0, 0.1) is 11.3 Å². The molecule has 0 radical (unpaired) electrons. The highest BCUT2D eigenvalue weighted by Gasteiger charge is 2.05. The Balaban J connectivity index is 1.95. The molecule has 0 amide bonds. The summed E-state index contributed by atoms with van der Waals surface area (Å²) >= 11 is 0. The smallest absolute Gasteiger partial charge is 0.181 e. The summed E-state index contributed by atoms with van der Waals surface area (Å²) in [6.07, 6.45) is 3.33. The van der Waals surface area contributed by atoms with Crippen molar-refractivity contribution in [2.24, 2.45) is 0 Å². The van der Waals surface area contributed by atoms with Gasteiger partial charge in [-0.3, -0.25) is 0 Å². The highest BCUT2D eigenvalue weighted by molar-refractivity contribution is 5.56. The third-order valence-electron chi connectivity index (χ3n) is 2.65. The summed E-state index contributed by atoms with van der Waals surface area (Å²) < 4.78 is 1.62. The van der Waals surface area contributed by atoms with Gasteiger partial charge in [-0.15, -0.1) is 5.10 Å². The Morgan fingerprint density at radius 3 is 2.53 bits per heavy atom. The largest absolute Gasteiger partial charge is 0.237 e. The first kappa shape index (κ1) is 11.1. The van der Waals surface area contributed by atoms with Gasteiger partial charge in [0.2, 0.25) is 0 Å². The molecule has 1 aromatic carbocycles. The SMILES string of the molecule is N#Cc1ccc(-c2ncn(-c3ccccn3)n2)cc1. The maximum absolute atomic E-state index is 8.76. The van der Waals surface area contributed by atoms with Crippen molar-refractivity contribution in [2.45, 2.75) is 0 Å². The first-order valence-corrected chi connectivity index (χ1v) is 5.70. The Morgan fingerprint density at radius 2 is 1.84 bits per heavy atom. The lowest BCUT2D eigenvalue weighted by Crippen LogP contribution is -1.97. The van der Waals surface area contributed by atoms with Crippen LogP contribution in [0.15, 0.2) is 55.0 Å². The Morgan fingerprint density at radius 1 is 1.00 bits per heavy atom. The molecule has 2 aromatic heterocycles. The van der Waals surface area contributed by atoms with E-state index in [2.05, 4.69) is 21.1 Å². The molecule has 0 aliphatic carbocycles. The van der Waals surface area contributed by atoms with Gasteiger partial charge in [0.1, 0.15) is 6.33 Å². The van der Waals surface area contributed by atoms with Crippen LogP contribution in [0.25, 0.3) is 17.2 Å². The van der Waals surface area contributed by atoms with Crippen LogP contribution < -0.4 is 0 Å². The van der Waals surface area contributed by atoms with Gasteiger partial charge in [-0.1, -0.05) is 6.07 Å². The van der Waals surface area contributed by atoms with E-state index in [-0.39, 0.29) is 0 Å². The molecule has 5 nitrogen and oxygen atoms in total. The van der Waals surface area contributed by atoms with Crippen LogP contribution in [-0.2, 0) is 0 Å². The van der Waals surface area contributed by atoms with Gasteiger partial charge in [0.15, 0.2) is 11.6 Å². The molecule has 0 saturated carbocycles. The Bertz CT molecular complexity index is 723. The lowest BCUT2D eigenvalue weighted by molar-refractivity contribution is 0.848. The monoisotopic (exact) mass is 247 g/mol. The second-order valence-electron chi connectivity index (χ2n) is 3.89. The highest BCUT2D eigenvalue weighted by Crippen LogP contribution is 2.15. The highest BCUT2D eigenvalue weighted by atomic mass is 15.4. The predicted octanol–water partition coefficient (Wildman–Crippen LogP) is 2.20. The number of rotatable bonds is 2. The fourth-order valence-electron chi connectivity index (χ4n) is 1.69. The van der Waals surface area contributed by atoms with Crippen LogP contribution >= 0.6 is 0 Å². The fourth-order valence-corrected chi connectivity index (χ4v) is 1.69. The molecule has 0 atom stereocenters. The van der Waals surface area contributed by atoms with Gasteiger partial charge in [-0.2, -0.15) is 5.26 Å². The molecule has 2 heterocycles. The number of aromatic nitrogens is 4. The van der Waals surface area contributed by atoms with Crippen molar-refractivity contribution in [1.29, 1.82) is 5.26 Å². The van der Waals surface area contributed by atoms with Crippen molar-refractivity contribution in [1.82, 2.24) is 19.7 Å². The number of hydrogen-bond donors (Lipinski definition) is 0. The molecule has 0 bridgehead atoms. The molecule has 0 unspecified atom stereocenters. The summed E-state index contributed by atoms with van der Waals surface area (Å²) in [5, 5.41) is 13.1. The molecule has 0 spiro atoms. The molecular formula is C14H9N5. The third kappa shape index (κ3) is 2.19. The Labute approximate surface area is 109 Å². The predicted molar refractivity (Wildman–Crippen MR) is 69.3 cm³/mol. The van der Waals surface area contributed by atoms with E-state index < -0.39 is 0 Å². The van der Waals surface area contributed by atoms with E-state index in [0.717, 1.165) is 11.4 Å². The lowest BCUT2D eigenvalue weighted by Gasteiger charge is -1.97.